The molecule has 13 nitrogen and oxygen atoms in total. The Morgan fingerprint density at radius 2 is 2.02 bits per heavy atom. The second kappa shape index (κ2) is 13.9. The maximum absolute atomic E-state index is 12.4. The van der Waals surface area contributed by atoms with Gasteiger partial charge in [-0.15, -0.1) is 0 Å². The number of ether oxygens (including phenoxy) is 3. The van der Waals surface area contributed by atoms with E-state index in [4.69, 9.17) is 29.8 Å². The molecule has 0 bridgehead atoms. The normalized spacial score (nSPS) is 15.6. The topological polar surface area (TPSA) is 178 Å². The van der Waals surface area contributed by atoms with E-state index in [0.717, 1.165) is 16.7 Å². The lowest BCUT2D eigenvalue weighted by atomic mass is 10.0. The summed E-state index contributed by atoms with van der Waals surface area (Å²) in [6.07, 6.45) is 1.65. The van der Waals surface area contributed by atoms with Crippen molar-refractivity contribution in [3.05, 3.63) is 60.3 Å². The molecule has 210 valence electrons. The van der Waals surface area contributed by atoms with Crippen molar-refractivity contribution in [2.45, 2.75) is 19.1 Å². The SMILES string of the molecule is NCCOc1cc(-c2cccc(CNCC[C@H]3CN(c4ccc5c(n4)NC(=O)CO5)C(=O)O3)c2)ccn1.O=CO. The number of nitrogens with one attached hydrogen (secondary N) is 2. The largest absolute Gasteiger partial charge is 0.483 e. The summed E-state index contributed by atoms with van der Waals surface area (Å²) in [4.78, 5) is 42.4. The van der Waals surface area contributed by atoms with Gasteiger partial charge < -0.3 is 35.7 Å². The maximum atomic E-state index is 12.4. The number of cyclic esters (lactones) is 1. The van der Waals surface area contributed by atoms with Gasteiger partial charge >= 0.3 is 6.09 Å². The highest BCUT2D eigenvalue weighted by molar-refractivity contribution is 5.95. The zero-order chi connectivity index (χ0) is 28.3. The number of amides is 2. The molecular formula is C27H30N6O7. The van der Waals surface area contributed by atoms with E-state index in [-0.39, 0.29) is 25.1 Å². The van der Waals surface area contributed by atoms with Gasteiger partial charge in [0.1, 0.15) is 18.5 Å². The number of nitrogens with two attached hydrogens (primary N) is 1. The standard InChI is InChI=1S/C26H28N6O5.CH2O2/c27-8-11-35-24-13-19(6-10-29-24)18-3-1-2-17(12-18)14-28-9-7-20-15-32(26(34)37-20)22-5-4-21-25(30-22)31-23(33)16-36-21;2-1-3/h1-6,10,12-13,20,28H,7-9,11,14-16,27H2,(H,30,31,33);1H,(H,2,3)/t20-;/m0./s1. The molecule has 40 heavy (non-hydrogen) atoms. The summed E-state index contributed by atoms with van der Waals surface area (Å²) in [6, 6.07) is 15.5. The molecule has 2 aliphatic rings. The fraction of sp³-hybridized carbons (Fsp3) is 0.296. The van der Waals surface area contributed by atoms with Crippen molar-refractivity contribution in [2.24, 2.45) is 5.73 Å². The Hall–Kier alpha value is -4.75. The molecule has 1 atom stereocenters. The van der Waals surface area contributed by atoms with Crippen LogP contribution in [0, 0.1) is 0 Å². The number of anilines is 2. The van der Waals surface area contributed by atoms with E-state index in [1.165, 1.54) is 4.90 Å². The van der Waals surface area contributed by atoms with Gasteiger partial charge in [0, 0.05) is 25.4 Å². The number of hydrogen-bond donors (Lipinski definition) is 4. The quantitative estimate of drug-likeness (QED) is 0.214. The van der Waals surface area contributed by atoms with Crippen LogP contribution in [0.5, 0.6) is 11.6 Å². The number of carbonyl (C=O) groups is 3. The van der Waals surface area contributed by atoms with E-state index < -0.39 is 6.09 Å². The summed E-state index contributed by atoms with van der Waals surface area (Å²) in [5, 5.41) is 13.0. The van der Waals surface area contributed by atoms with E-state index in [2.05, 4.69) is 32.7 Å². The fourth-order valence-corrected chi connectivity index (χ4v) is 4.15. The monoisotopic (exact) mass is 550 g/mol. The van der Waals surface area contributed by atoms with Crippen molar-refractivity contribution in [1.29, 1.82) is 0 Å². The summed E-state index contributed by atoms with van der Waals surface area (Å²) in [5.41, 5.74) is 8.72. The van der Waals surface area contributed by atoms with Crippen LogP contribution in [0.25, 0.3) is 11.1 Å². The van der Waals surface area contributed by atoms with E-state index >= 15 is 0 Å². The summed E-state index contributed by atoms with van der Waals surface area (Å²) >= 11 is 0. The van der Waals surface area contributed by atoms with Crippen molar-refractivity contribution in [1.82, 2.24) is 15.3 Å². The number of nitrogens with zero attached hydrogens (tertiary/aromatic N) is 3. The van der Waals surface area contributed by atoms with Crippen LogP contribution >= 0.6 is 0 Å². The van der Waals surface area contributed by atoms with Gasteiger partial charge in [0.15, 0.2) is 18.2 Å². The molecule has 5 N–H and O–H groups in total. The van der Waals surface area contributed by atoms with Crippen molar-refractivity contribution < 1.29 is 33.7 Å². The first kappa shape index (κ1) is 28.3. The molecule has 0 aliphatic carbocycles. The van der Waals surface area contributed by atoms with Gasteiger partial charge in [0.05, 0.1) is 6.54 Å². The molecule has 13 heteroatoms. The zero-order valence-electron chi connectivity index (χ0n) is 21.6. The summed E-state index contributed by atoms with van der Waals surface area (Å²) in [7, 11) is 0. The van der Waals surface area contributed by atoms with Gasteiger partial charge in [-0.25, -0.2) is 14.8 Å². The molecule has 4 heterocycles. The fourth-order valence-electron chi connectivity index (χ4n) is 4.15. The molecule has 2 aromatic heterocycles. The zero-order valence-corrected chi connectivity index (χ0v) is 21.6. The van der Waals surface area contributed by atoms with Crippen LogP contribution < -0.4 is 30.7 Å². The number of aromatic nitrogens is 2. The number of benzene rings is 1. The van der Waals surface area contributed by atoms with Crippen LogP contribution in [0.1, 0.15) is 12.0 Å². The maximum Gasteiger partial charge on any atom is 0.415 e. The Kier molecular flexibility index (Phi) is 9.80. The van der Waals surface area contributed by atoms with Gasteiger partial charge in [0.25, 0.3) is 12.4 Å². The lowest BCUT2D eigenvalue weighted by Crippen LogP contribution is -2.29. The first-order chi connectivity index (χ1) is 19.5. The average Bonchev–Trinajstić information content (AvgIpc) is 3.34. The third-order valence-electron chi connectivity index (χ3n) is 5.95. The molecule has 0 unspecified atom stereocenters. The number of hydrogen-bond acceptors (Lipinski definition) is 10. The smallest absolute Gasteiger partial charge is 0.415 e. The average molecular weight is 551 g/mol. The Morgan fingerprint density at radius 1 is 1.20 bits per heavy atom. The summed E-state index contributed by atoms with van der Waals surface area (Å²) < 4.78 is 16.4. The van der Waals surface area contributed by atoms with Crippen LogP contribution in [0.2, 0.25) is 0 Å². The van der Waals surface area contributed by atoms with Gasteiger partial charge in [-0.2, -0.15) is 0 Å². The first-order valence-electron chi connectivity index (χ1n) is 12.6. The van der Waals surface area contributed by atoms with Crippen molar-refractivity contribution in [3.8, 4) is 22.8 Å². The van der Waals surface area contributed by atoms with E-state index in [1.807, 2.05) is 24.3 Å². The van der Waals surface area contributed by atoms with Gasteiger partial charge in [-0.05, 0) is 53.9 Å². The Labute approximate surface area is 230 Å². The van der Waals surface area contributed by atoms with Crippen LogP contribution in [-0.2, 0) is 20.9 Å². The Bertz CT molecular complexity index is 1340. The molecule has 3 aromatic rings. The van der Waals surface area contributed by atoms with Crippen LogP contribution in [0.4, 0.5) is 16.4 Å². The summed E-state index contributed by atoms with van der Waals surface area (Å²) in [6.45, 7) is 2.29. The molecule has 2 amide bonds. The Balaban J connectivity index is 0.00000118. The molecule has 1 saturated heterocycles. The molecular weight excluding hydrogens is 520 g/mol. The molecule has 1 aromatic carbocycles. The van der Waals surface area contributed by atoms with Crippen LogP contribution in [0.15, 0.2) is 54.7 Å². The second-order valence-corrected chi connectivity index (χ2v) is 8.76. The molecule has 2 aliphatic heterocycles. The van der Waals surface area contributed by atoms with Crippen LogP contribution in [0.3, 0.4) is 0 Å². The van der Waals surface area contributed by atoms with E-state index in [0.29, 0.717) is 62.5 Å². The minimum atomic E-state index is -0.458. The lowest BCUT2D eigenvalue weighted by molar-refractivity contribution is -0.123. The van der Waals surface area contributed by atoms with Gasteiger partial charge in [-0.3, -0.25) is 14.5 Å². The summed E-state index contributed by atoms with van der Waals surface area (Å²) in [5.74, 6) is 1.47. The highest BCUT2D eigenvalue weighted by Gasteiger charge is 2.33. The Morgan fingerprint density at radius 3 is 2.85 bits per heavy atom. The minimum Gasteiger partial charge on any atom is -0.483 e. The van der Waals surface area contributed by atoms with Crippen LogP contribution in [-0.4, -0.2) is 72.5 Å². The highest BCUT2D eigenvalue weighted by Crippen LogP contribution is 2.30. The molecule has 0 radical (unpaired) electrons. The third kappa shape index (κ3) is 7.42. The van der Waals surface area contributed by atoms with Crippen molar-refractivity contribution >= 4 is 30.1 Å². The molecule has 1 fully saturated rings. The predicted molar refractivity (Wildman–Crippen MR) is 145 cm³/mol. The van der Waals surface area contributed by atoms with Gasteiger partial charge in [0.2, 0.25) is 5.88 Å². The molecule has 0 spiro atoms. The number of rotatable bonds is 10. The molecule has 5 rings (SSSR count). The predicted octanol–water partition coefficient (Wildman–Crippen LogP) is 2.02. The first-order valence-corrected chi connectivity index (χ1v) is 12.6. The lowest BCUT2D eigenvalue weighted by Gasteiger charge is -2.19. The number of carboxylic acid groups (broad SMARTS) is 1. The number of carbonyl (C=O) groups excluding carboxylic acids is 2. The molecule has 0 saturated carbocycles. The van der Waals surface area contributed by atoms with Crippen molar-refractivity contribution in [2.75, 3.05) is 43.1 Å². The highest BCUT2D eigenvalue weighted by atomic mass is 16.6. The second-order valence-electron chi connectivity index (χ2n) is 8.76. The third-order valence-corrected chi connectivity index (χ3v) is 5.95. The number of fused-ring (bicyclic) bond motifs is 1. The minimum absolute atomic E-state index is 0.0476. The van der Waals surface area contributed by atoms with E-state index in [1.54, 1.807) is 18.3 Å². The number of pyridine rings is 2. The van der Waals surface area contributed by atoms with Crippen molar-refractivity contribution in [3.63, 3.8) is 0 Å². The van der Waals surface area contributed by atoms with E-state index in [9.17, 15) is 9.59 Å². The van der Waals surface area contributed by atoms with Gasteiger partial charge in [-0.1, -0.05) is 18.2 Å².